The van der Waals surface area contributed by atoms with Gasteiger partial charge in [0.25, 0.3) is 0 Å². The van der Waals surface area contributed by atoms with Crippen molar-refractivity contribution in [3.8, 4) is 12.1 Å². The maximum atomic E-state index is 13.4. The summed E-state index contributed by atoms with van der Waals surface area (Å²) in [5.41, 5.74) is 1.70. The number of hydrogen-bond acceptors (Lipinski definition) is 5. The topological polar surface area (TPSA) is 81.7 Å². The summed E-state index contributed by atoms with van der Waals surface area (Å²) in [4.78, 5) is 0.817. The highest BCUT2D eigenvalue weighted by atomic mass is 32.2. The molecule has 1 aromatic carbocycles. The molecule has 0 saturated heterocycles. The van der Waals surface area contributed by atoms with Crippen molar-refractivity contribution < 1.29 is 8.42 Å². The fourth-order valence-electron chi connectivity index (χ4n) is 2.97. The Morgan fingerprint density at radius 2 is 1.67 bits per heavy atom. The summed E-state index contributed by atoms with van der Waals surface area (Å²) in [7, 11) is -3.80. The number of hydrogen-bond donors (Lipinski definition) is 0. The normalized spacial score (nSPS) is 15.5. The highest BCUT2D eigenvalue weighted by molar-refractivity contribution is 8.09. The average Bonchev–Trinajstić information content (AvgIpc) is 3.17. The lowest BCUT2D eigenvalue weighted by Gasteiger charge is -2.20. The van der Waals surface area contributed by atoms with Gasteiger partial charge in [-0.3, -0.25) is 0 Å². The summed E-state index contributed by atoms with van der Waals surface area (Å²) >= 11 is 1.31. The summed E-state index contributed by atoms with van der Waals surface area (Å²) in [6.07, 6.45) is 2.86. The third-order valence-corrected chi connectivity index (χ3v) is 7.14. The summed E-state index contributed by atoms with van der Waals surface area (Å²) < 4.78 is 26.8. The maximum absolute atomic E-state index is 13.4. The minimum absolute atomic E-state index is 0.113. The quantitative estimate of drug-likeness (QED) is 0.686. The van der Waals surface area contributed by atoms with E-state index in [9.17, 15) is 18.9 Å². The van der Waals surface area contributed by atoms with Crippen LogP contribution in [0.5, 0.6) is 0 Å². The molecule has 0 bridgehead atoms. The molecule has 27 heavy (non-hydrogen) atoms. The molecule has 0 amide bonds. The molecule has 0 aliphatic carbocycles. The number of nitriles is 2. The molecule has 2 heterocycles. The van der Waals surface area contributed by atoms with Crippen LogP contribution in [-0.4, -0.2) is 8.42 Å². The Labute approximate surface area is 162 Å². The number of thiophene rings is 1. The van der Waals surface area contributed by atoms with Gasteiger partial charge in [-0.05, 0) is 40.6 Å². The van der Waals surface area contributed by atoms with Crippen LogP contribution in [0, 0.1) is 22.7 Å². The van der Waals surface area contributed by atoms with E-state index in [1.54, 1.807) is 29.6 Å². The van der Waals surface area contributed by atoms with Gasteiger partial charge in [0.15, 0.2) is 0 Å². The average molecular weight is 393 g/mol. The Hall–Kier alpha value is -2.93. The second-order valence-corrected chi connectivity index (χ2v) is 9.13. The summed E-state index contributed by atoms with van der Waals surface area (Å²) in [6, 6.07) is 14.6. The maximum Gasteiger partial charge on any atom is 0.208 e. The number of rotatable bonds is 3. The van der Waals surface area contributed by atoms with Gasteiger partial charge in [-0.2, -0.15) is 10.5 Å². The molecule has 0 fully saturated rings. The molecule has 0 spiro atoms. The predicted octanol–water partition coefficient (Wildman–Crippen LogP) is 5.03. The first-order valence-electron chi connectivity index (χ1n) is 8.26. The molecule has 0 radical (unpaired) electrons. The van der Waals surface area contributed by atoms with Crippen LogP contribution < -0.4 is 0 Å². The van der Waals surface area contributed by atoms with Crippen molar-refractivity contribution >= 4 is 31.0 Å². The highest BCUT2D eigenvalue weighted by Crippen LogP contribution is 2.42. The van der Waals surface area contributed by atoms with Crippen molar-refractivity contribution in [3.63, 3.8) is 0 Å². The standard InChI is InChI=1S/C21H16N2O2S2/c1-14(2)17-6-3-4-7-18(17)20-10-15(16(12-22)13-23)11-21(27(20,24)25)19-8-5-9-26-19/h3-11,14H,1-2H3. The molecule has 134 valence electrons. The summed E-state index contributed by atoms with van der Waals surface area (Å²) in [5.74, 6) is 0.118. The van der Waals surface area contributed by atoms with Crippen LogP contribution in [0.3, 0.4) is 0 Å². The Balaban J connectivity index is 2.36. The van der Waals surface area contributed by atoms with Gasteiger partial charge in [-0.15, -0.1) is 11.3 Å². The molecule has 4 nitrogen and oxygen atoms in total. The number of allylic oxidation sites excluding steroid dienone is 4. The van der Waals surface area contributed by atoms with E-state index in [0.29, 0.717) is 16.0 Å². The van der Waals surface area contributed by atoms with E-state index in [-0.39, 0.29) is 21.3 Å². The fraction of sp³-hybridized carbons (Fsp3) is 0.143. The van der Waals surface area contributed by atoms with Crippen LogP contribution in [0.1, 0.15) is 35.8 Å². The van der Waals surface area contributed by atoms with Crippen molar-refractivity contribution in [3.05, 3.63) is 81.1 Å². The molecule has 1 aromatic heterocycles. The van der Waals surface area contributed by atoms with Crippen LogP contribution >= 0.6 is 11.3 Å². The molecular weight excluding hydrogens is 376 g/mol. The zero-order valence-corrected chi connectivity index (χ0v) is 16.4. The van der Waals surface area contributed by atoms with Crippen molar-refractivity contribution in [1.29, 1.82) is 10.5 Å². The van der Waals surface area contributed by atoms with Crippen molar-refractivity contribution in [2.45, 2.75) is 19.8 Å². The van der Waals surface area contributed by atoms with E-state index < -0.39 is 9.84 Å². The second kappa shape index (κ2) is 7.36. The predicted molar refractivity (Wildman–Crippen MR) is 108 cm³/mol. The Kier molecular flexibility index (Phi) is 5.14. The van der Waals surface area contributed by atoms with Gasteiger partial charge in [0, 0.05) is 10.5 Å². The van der Waals surface area contributed by atoms with E-state index in [1.165, 1.54) is 23.5 Å². The minimum atomic E-state index is -3.80. The highest BCUT2D eigenvalue weighted by Gasteiger charge is 2.32. The minimum Gasteiger partial charge on any atom is -0.218 e. The molecule has 1 aliphatic rings. The van der Waals surface area contributed by atoms with Crippen LogP contribution in [0.25, 0.3) is 9.81 Å². The van der Waals surface area contributed by atoms with Crippen molar-refractivity contribution in [2.24, 2.45) is 0 Å². The van der Waals surface area contributed by atoms with Gasteiger partial charge in [0.1, 0.15) is 17.7 Å². The van der Waals surface area contributed by atoms with Gasteiger partial charge in [-0.25, -0.2) is 8.42 Å². The SMILES string of the molecule is CC(C)c1ccccc1C1=CC(=C(C#N)C#N)C=C(c2cccs2)S1(=O)=O. The van der Waals surface area contributed by atoms with E-state index in [4.69, 9.17) is 0 Å². The summed E-state index contributed by atoms with van der Waals surface area (Å²) in [5, 5.41) is 20.4. The van der Waals surface area contributed by atoms with Gasteiger partial charge >= 0.3 is 0 Å². The Morgan fingerprint density at radius 3 is 2.26 bits per heavy atom. The summed E-state index contributed by atoms with van der Waals surface area (Å²) in [6.45, 7) is 4.00. The molecule has 0 unspecified atom stereocenters. The zero-order chi connectivity index (χ0) is 19.6. The Morgan fingerprint density at radius 1 is 1.00 bits per heavy atom. The van der Waals surface area contributed by atoms with Crippen LogP contribution in [-0.2, 0) is 9.84 Å². The largest absolute Gasteiger partial charge is 0.218 e. The van der Waals surface area contributed by atoms with Gasteiger partial charge in [-0.1, -0.05) is 44.2 Å². The molecule has 0 saturated carbocycles. The van der Waals surface area contributed by atoms with Gasteiger partial charge in [0.2, 0.25) is 9.84 Å². The fourth-order valence-corrected chi connectivity index (χ4v) is 5.68. The third-order valence-electron chi connectivity index (χ3n) is 4.28. The van der Waals surface area contributed by atoms with Crippen molar-refractivity contribution in [1.82, 2.24) is 0 Å². The molecule has 2 aromatic rings. The molecular formula is C21H16N2O2S2. The van der Waals surface area contributed by atoms with Crippen LogP contribution in [0.2, 0.25) is 0 Å². The number of benzene rings is 1. The van der Waals surface area contributed by atoms with E-state index in [1.807, 2.05) is 38.1 Å². The lowest BCUT2D eigenvalue weighted by molar-refractivity contribution is 0.614. The van der Waals surface area contributed by atoms with Crippen LogP contribution in [0.15, 0.2) is 65.1 Å². The lowest BCUT2D eigenvalue weighted by atomic mass is 9.96. The van der Waals surface area contributed by atoms with E-state index in [2.05, 4.69) is 0 Å². The smallest absolute Gasteiger partial charge is 0.208 e. The molecule has 3 rings (SSSR count). The first-order valence-corrected chi connectivity index (χ1v) is 10.6. The second-order valence-electron chi connectivity index (χ2n) is 6.29. The Bertz CT molecular complexity index is 1150. The first-order chi connectivity index (χ1) is 12.9. The molecule has 1 aliphatic heterocycles. The number of nitrogens with zero attached hydrogens (tertiary/aromatic N) is 2. The van der Waals surface area contributed by atoms with Crippen molar-refractivity contribution in [2.75, 3.05) is 0 Å². The van der Waals surface area contributed by atoms with Gasteiger partial charge in [0.05, 0.1) is 9.81 Å². The molecule has 0 N–H and O–H groups in total. The van der Waals surface area contributed by atoms with Crippen LogP contribution in [0.4, 0.5) is 0 Å². The van der Waals surface area contributed by atoms with E-state index in [0.717, 1.165) is 5.56 Å². The monoisotopic (exact) mass is 392 g/mol. The third kappa shape index (κ3) is 3.38. The molecule has 0 atom stereocenters. The molecule has 6 heteroatoms. The van der Waals surface area contributed by atoms with E-state index >= 15 is 0 Å². The zero-order valence-electron chi connectivity index (χ0n) is 14.8. The first kappa shape index (κ1) is 18.8. The van der Waals surface area contributed by atoms with Gasteiger partial charge < -0.3 is 0 Å². The number of sulfone groups is 1. The lowest BCUT2D eigenvalue weighted by Crippen LogP contribution is -2.12.